The molecule has 0 aliphatic carbocycles. The molecule has 0 saturated heterocycles. The number of hydrogen-bond donors (Lipinski definition) is 0. The summed E-state index contributed by atoms with van der Waals surface area (Å²) in [6, 6.07) is 5.60. The quantitative estimate of drug-likeness (QED) is 0.720. The molecule has 0 aromatic heterocycles. The first kappa shape index (κ1) is 13.6. The highest BCUT2D eigenvalue weighted by molar-refractivity contribution is 5.44. The number of unbranched alkanes of at least 4 members (excludes halogenated alkanes) is 2. The highest BCUT2D eigenvalue weighted by atomic mass is 19.4. The monoisotopic (exact) mass is 241 g/mol. The zero-order valence-corrected chi connectivity index (χ0v) is 9.64. The topological polar surface area (TPSA) is 23.8 Å². The molecule has 4 heteroatoms. The van der Waals surface area contributed by atoms with Gasteiger partial charge in [0, 0.05) is 0 Å². The predicted molar refractivity (Wildman–Crippen MR) is 59.4 cm³/mol. The van der Waals surface area contributed by atoms with Crippen LogP contribution in [0, 0.1) is 11.3 Å². The van der Waals surface area contributed by atoms with Crippen molar-refractivity contribution in [1.29, 1.82) is 5.26 Å². The van der Waals surface area contributed by atoms with Crippen molar-refractivity contribution in [3.8, 4) is 6.07 Å². The molecule has 0 bridgehead atoms. The Kier molecular flexibility index (Phi) is 4.56. The van der Waals surface area contributed by atoms with Gasteiger partial charge in [0.05, 0.1) is 17.2 Å². The van der Waals surface area contributed by atoms with E-state index in [-0.39, 0.29) is 11.1 Å². The van der Waals surface area contributed by atoms with E-state index in [9.17, 15) is 13.2 Å². The van der Waals surface area contributed by atoms with E-state index in [2.05, 4.69) is 0 Å². The summed E-state index contributed by atoms with van der Waals surface area (Å²) in [7, 11) is 0. The summed E-state index contributed by atoms with van der Waals surface area (Å²) in [4.78, 5) is 0. The summed E-state index contributed by atoms with van der Waals surface area (Å²) >= 11 is 0. The van der Waals surface area contributed by atoms with Crippen LogP contribution >= 0.6 is 0 Å². The molecule has 1 aromatic rings. The van der Waals surface area contributed by atoms with Crippen LogP contribution in [-0.2, 0) is 12.6 Å². The lowest BCUT2D eigenvalue weighted by Crippen LogP contribution is -2.10. The molecular formula is C13H14F3N. The molecule has 0 heterocycles. The highest BCUT2D eigenvalue weighted by Crippen LogP contribution is 2.34. The van der Waals surface area contributed by atoms with E-state index < -0.39 is 11.7 Å². The van der Waals surface area contributed by atoms with E-state index in [1.807, 2.05) is 13.0 Å². The Morgan fingerprint density at radius 2 is 1.94 bits per heavy atom. The van der Waals surface area contributed by atoms with Gasteiger partial charge in [0.15, 0.2) is 0 Å². The maximum absolute atomic E-state index is 12.8. The molecule has 1 aromatic carbocycles. The predicted octanol–water partition coefficient (Wildman–Crippen LogP) is 4.31. The van der Waals surface area contributed by atoms with E-state index in [4.69, 9.17) is 5.26 Å². The normalized spacial score (nSPS) is 11.2. The Bertz CT molecular complexity index is 416. The first-order valence-electron chi connectivity index (χ1n) is 5.60. The molecule has 17 heavy (non-hydrogen) atoms. The van der Waals surface area contributed by atoms with Gasteiger partial charge in [0.2, 0.25) is 0 Å². The Morgan fingerprint density at radius 1 is 1.24 bits per heavy atom. The smallest absolute Gasteiger partial charge is 0.192 e. The van der Waals surface area contributed by atoms with Crippen molar-refractivity contribution in [2.75, 3.05) is 0 Å². The lowest BCUT2D eigenvalue weighted by Gasteiger charge is -2.13. The van der Waals surface area contributed by atoms with Gasteiger partial charge in [0.1, 0.15) is 0 Å². The first-order chi connectivity index (χ1) is 8.00. The molecule has 1 rings (SSSR count). The molecular weight excluding hydrogens is 227 g/mol. The van der Waals surface area contributed by atoms with Gasteiger partial charge in [-0.2, -0.15) is 18.4 Å². The number of benzene rings is 1. The minimum atomic E-state index is -4.38. The molecule has 92 valence electrons. The van der Waals surface area contributed by atoms with Gasteiger partial charge >= 0.3 is 6.18 Å². The SMILES string of the molecule is CCCCCc1c(C#N)cccc1C(F)(F)F. The third kappa shape index (κ3) is 3.48. The minimum absolute atomic E-state index is 0.135. The van der Waals surface area contributed by atoms with Crippen LogP contribution in [0.5, 0.6) is 0 Å². The summed E-state index contributed by atoms with van der Waals surface area (Å²) in [6.07, 6.45) is -1.58. The van der Waals surface area contributed by atoms with E-state index in [0.29, 0.717) is 12.8 Å². The fraction of sp³-hybridized carbons (Fsp3) is 0.462. The molecule has 0 fully saturated rings. The van der Waals surface area contributed by atoms with E-state index in [1.54, 1.807) is 0 Å². The Labute approximate surface area is 98.9 Å². The molecule has 0 aliphatic rings. The summed E-state index contributed by atoms with van der Waals surface area (Å²) < 4.78 is 38.3. The summed E-state index contributed by atoms with van der Waals surface area (Å²) in [6.45, 7) is 1.99. The number of nitrogens with zero attached hydrogens (tertiary/aromatic N) is 1. The van der Waals surface area contributed by atoms with Gasteiger partial charge < -0.3 is 0 Å². The lowest BCUT2D eigenvalue weighted by atomic mass is 9.96. The Hall–Kier alpha value is -1.50. The number of halogens is 3. The van der Waals surface area contributed by atoms with Crippen LogP contribution in [0.4, 0.5) is 13.2 Å². The lowest BCUT2D eigenvalue weighted by molar-refractivity contribution is -0.138. The van der Waals surface area contributed by atoms with E-state index in [1.165, 1.54) is 12.1 Å². The van der Waals surface area contributed by atoms with Crippen molar-refractivity contribution in [3.63, 3.8) is 0 Å². The summed E-state index contributed by atoms with van der Waals surface area (Å²) in [5.41, 5.74) is -0.403. The van der Waals surface area contributed by atoms with Crippen LogP contribution in [0.1, 0.15) is 42.9 Å². The minimum Gasteiger partial charge on any atom is -0.192 e. The molecule has 0 atom stereocenters. The highest BCUT2D eigenvalue weighted by Gasteiger charge is 2.33. The molecule has 0 saturated carbocycles. The van der Waals surface area contributed by atoms with Gasteiger partial charge in [-0.25, -0.2) is 0 Å². The van der Waals surface area contributed by atoms with Gasteiger partial charge in [-0.3, -0.25) is 0 Å². The van der Waals surface area contributed by atoms with Crippen LogP contribution in [0.3, 0.4) is 0 Å². The van der Waals surface area contributed by atoms with Crippen LogP contribution in [0.15, 0.2) is 18.2 Å². The largest absolute Gasteiger partial charge is 0.416 e. The zero-order valence-electron chi connectivity index (χ0n) is 9.64. The first-order valence-corrected chi connectivity index (χ1v) is 5.60. The fourth-order valence-corrected chi connectivity index (χ4v) is 1.78. The molecule has 0 amide bonds. The number of hydrogen-bond acceptors (Lipinski definition) is 1. The van der Waals surface area contributed by atoms with Crippen molar-refractivity contribution in [3.05, 3.63) is 34.9 Å². The van der Waals surface area contributed by atoms with Gasteiger partial charge in [-0.1, -0.05) is 25.8 Å². The third-order valence-electron chi connectivity index (χ3n) is 2.63. The average Bonchev–Trinajstić information content (AvgIpc) is 2.28. The maximum atomic E-state index is 12.8. The second-order valence-electron chi connectivity index (χ2n) is 3.90. The zero-order chi connectivity index (χ0) is 12.9. The maximum Gasteiger partial charge on any atom is 0.416 e. The van der Waals surface area contributed by atoms with Crippen molar-refractivity contribution in [2.45, 2.75) is 38.8 Å². The average molecular weight is 241 g/mol. The molecule has 0 spiro atoms. The Morgan fingerprint density at radius 3 is 2.47 bits per heavy atom. The Balaban J connectivity index is 3.09. The van der Waals surface area contributed by atoms with Crippen LogP contribution < -0.4 is 0 Å². The second kappa shape index (κ2) is 5.72. The fourth-order valence-electron chi connectivity index (χ4n) is 1.78. The van der Waals surface area contributed by atoms with Gasteiger partial charge in [0.25, 0.3) is 0 Å². The van der Waals surface area contributed by atoms with Gasteiger partial charge in [-0.05, 0) is 30.5 Å². The summed E-state index contributed by atoms with van der Waals surface area (Å²) in [5.74, 6) is 0. The van der Waals surface area contributed by atoms with Crippen molar-refractivity contribution in [1.82, 2.24) is 0 Å². The number of nitriles is 1. The van der Waals surface area contributed by atoms with E-state index >= 15 is 0 Å². The van der Waals surface area contributed by atoms with Crippen molar-refractivity contribution >= 4 is 0 Å². The van der Waals surface area contributed by atoms with Crippen molar-refractivity contribution in [2.24, 2.45) is 0 Å². The number of rotatable bonds is 4. The molecule has 0 radical (unpaired) electrons. The van der Waals surface area contributed by atoms with E-state index in [0.717, 1.165) is 18.9 Å². The number of alkyl halides is 3. The third-order valence-corrected chi connectivity index (χ3v) is 2.63. The van der Waals surface area contributed by atoms with Gasteiger partial charge in [-0.15, -0.1) is 0 Å². The molecule has 0 aliphatic heterocycles. The molecule has 0 unspecified atom stereocenters. The second-order valence-corrected chi connectivity index (χ2v) is 3.90. The van der Waals surface area contributed by atoms with Crippen LogP contribution in [0.2, 0.25) is 0 Å². The summed E-state index contributed by atoms with van der Waals surface area (Å²) in [5, 5.41) is 8.85. The van der Waals surface area contributed by atoms with Crippen molar-refractivity contribution < 1.29 is 13.2 Å². The molecule has 1 nitrogen and oxygen atoms in total. The van der Waals surface area contributed by atoms with Crippen LogP contribution in [-0.4, -0.2) is 0 Å². The molecule has 0 N–H and O–H groups in total. The van der Waals surface area contributed by atoms with Crippen LogP contribution in [0.25, 0.3) is 0 Å². The standard InChI is InChI=1S/C13H14F3N/c1-2-3-4-7-11-10(9-17)6-5-8-12(11)13(14,15)16/h5-6,8H,2-4,7H2,1H3.